The molecule has 0 aliphatic heterocycles. The van der Waals surface area contributed by atoms with Crippen LogP contribution < -0.4 is 5.32 Å². The van der Waals surface area contributed by atoms with E-state index in [-0.39, 0.29) is 0 Å². The van der Waals surface area contributed by atoms with Gasteiger partial charge < -0.3 is 5.32 Å². The van der Waals surface area contributed by atoms with Crippen molar-refractivity contribution in [2.45, 2.75) is 6.92 Å². The number of nitrogens with zero attached hydrogens (tertiary/aromatic N) is 2. The van der Waals surface area contributed by atoms with E-state index in [1.807, 2.05) is 25.1 Å². The second-order valence-electron chi connectivity index (χ2n) is 3.16. The summed E-state index contributed by atoms with van der Waals surface area (Å²) < 4.78 is 0.980. The summed E-state index contributed by atoms with van der Waals surface area (Å²) in [5.41, 5.74) is 2.08. The van der Waals surface area contributed by atoms with Gasteiger partial charge in [0.25, 0.3) is 0 Å². The van der Waals surface area contributed by atoms with Crippen molar-refractivity contribution in [2.75, 3.05) is 5.32 Å². The molecule has 76 valence electrons. The molecule has 0 bridgehead atoms. The molecule has 2 rings (SSSR count). The summed E-state index contributed by atoms with van der Waals surface area (Å²) in [6.07, 6.45) is 5.28. The maximum atomic E-state index is 4.25. The van der Waals surface area contributed by atoms with E-state index in [9.17, 15) is 0 Å². The Bertz CT molecular complexity index is 457. The minimum absolute atomic E-state index is 0.808. The lowest BCUT2D eigenvalue weighted by Crippen LogP contribution is -1.95. The van der Waals surface area contributed by atoms with Gasteiger partial charge in [0.15, 0.2) is 0 Å². The van der Waals surface area contributed by atoms with Gasteiger partial charge in [0.2, 0.25) is 0 Å². The van der Waals surface area contributed by atoms with Crippen molar-refractivity contribution in [2.24, 2.45) is 0 Å². The predicted octanol–water partition coefficient (Wildman–Crippen LogP) is 3.29. The molecule has 0 amide bonds. The molecule has 2 aromatic heterocycles. The molecule has 2 heterocycles. The van der Waals surface area contributed by atoms with Crippen LogP contribution in [0.2, 0.25) is 0 Å². The fourth-order valence-corrected chi connectivity index (χ4v) is 1.53. The van der Waals surface area contributed by atoms with Crippen LogP contribution in [0.15, 0.2) is 41.3 Å². The molecule has 1 N–H and O–H groups in total. The maximum Gasteiger partial charge on any atom is 0.144 e. The zero-order chi connectivity index (χ0) is 10.7. The minimum Gasteiger partial charge on any atom is -0.338 e. The normalized spacial score (nSPS) is 10.0. The largest absolute Gasteiger partial charge is 0.338 e. The van der Waals surface area contributed by atoms with Gasteiger partial charge in [0, 0.05) is 12.4 Å². The highest BCUT2D eigenvalue weighted by atomic mass is 79.9. The molecule has 0 spiro atoms. The van der Waals surface area contributed by atoms with Crippen molar-refractivity contribution in [3.8, 4) is 0 Å². The van der Waals surface area contributed by atoms with Gasteiger partial charge in [-0.05, 0) is 46.6 Å². The first-order valence-corrected chi connectivity index (χ1v) is 5.35. The highest BCUT2D eigenvalue weighted by Gasteiger charge is 2.03. The second kappa shape index (κ2) is 4.40. The van der Waals surface area contributed by atoms with Crippen LogP contribution in [0.4, 0.5) is 11.5 Å². The highest BCUT2D eigenvalue weighted by Crippen LogP contribution is 2.25. The van der Waals surface area contributed by atoms with Crippen LogP contribution >= 0.6 is 15.9 Å². The average Bonchev–Trinajstić information content (AvgIpc) is 2.26. The Hall–Kier alpha value is -1.42. The molecule has 0 aliphatic carbocycles. The zero-order valence-electron chi connectivity index (χ0n) is 8.24. The molecule has 15 heavy (non-hydrogen) atoms. The molecule has 0 fully saturated rings. The van der Waals surface area contributed by atoms with E-state index in [1.54, 1.807) is 18.6 Å². The van der Waals surface area contributed by atoms with Crippen molar-refractivity contribution >= 4 is 27.4 Å². The topological polar surface area (TPSA) is 37.8 Å². The van der Waals surface area contributed by atoms with Gasteiger partial charge in [0.1, 0.15) is 5.82 Å². The molecule has 3 nitrogen and oxygen atoms in total. The highest BCUT2D eigenvalue weighted by molar-refractivity contribution is 9.10. The Morgan fingerprint density at radius 3 is 2.87 bits per heavy atom. The van der Waals surface area contributed by atoms with E-state index in [2.05, 4.69) is 31.2 Å². The molecule has 0 atom stereocenters. The molecule has 0 aliphatic rings. The van der Waals surface area contributed by atoms with Crippen molar-refractivity contribution < 1.29 is 0 Å². The fourth-order valence-electron chi connectivity index (χ4n) is 1.20. The molecule has 0 saturated heterocycles. The van der Waals surface area contributed by atoms with Crippen LogP contribution in [-0.4, -0.2) is 9.97 Å². The first-order chi connectivity index (χ1) is 7.27. The Morgan fingerprint density at radius 1 is 1.27 bits per heavy atom. The van der Waals surface area contributed by atoms with E-state index in [4.69, 9.17) is 0 Å². The molecule has 0 radical (unpaired) electrons. The summed E-state index contributed by atoms with van der Waals surface area (Å²) in [7, 11) is 0. The van der Waals surface area contributed by atoms with E-state index in [1.165, 1.54) is 0 Å². The number of nitrogens with one attached hydrogen (secondary N) is 1. The Morgan fingerprint density at radius 2 is 2.13 bits per heavy atom. The number of anilines is 2. The summed E-state index contributed by atoms with van der Waals surface area (Å²) in [6, 6.07) is 5.79. The van der Waals surface area contributed by atoms with E-state index in [0.717, 1.165) is 21.5 Å². The van der Waals surface area contributed by atoms with Gasteiger partial charge in [-0.3, -0.25) is 4.98 Å². The van der Waals surface area contributed by atoms with E-state index in [0.29, 0.717) is 0 Å². The molecule has 2 aromatic rings. The number of aryl methyl sites for hydroxylation is 1. The maximum absolute atomic E-state index is 4.25. The third-order valence-corrected chi connectivity index (χ3v) is 3.01. The van der Waals surface area contributed by atoms with Gasteiger partial charge in [-0.25, -0.2) is 4.98 Å². The molecule has 0 saturated carbocycles. The van der Waals surface area contributed by atoms with Crippen LogP contribution in [0.1, 0.15) is 5.56 Å². The van der Waals surface area contributed by atoms with E-state index < -0.39 is 0 Å². The van der Waals surface area contributed by atoms with Crippen LogP contribution in [0, 0.1) is 6.92 Å². The average molecular weight is 264 g/mol. The SMILES string of the molecule is Cc1ccnc(Nc2cccnc2)c1Br. The Balaban J connectivity index is 2.29. The first-order valence-electron chi connectivity index (χ1n) is 4.55. The molecule has 4 heteroatoms. The number of hydrogen-bond donors (Lipinski definition) is 1. The van der Waals surface area contributed by atoms with Gasteiger partial charge in [-0.1, -0.05) is 0 Å². The molecule has 0 unspecified atom stereocenters. The van der Waals surface area contributed by atoms with Crippen LogP contribution in [0.25, 0.3) is 0 Å². The third kappa shape index (κ3) is 2.33. The van der Waals surface area contributed by atoms with E-state index >= 15 is 0 Å². The lowest BCUT2D eigenvalue weighted by atomic mass is 10.3. The monoisotopic (exact) mass is 263 g/mol. The number of rotatable bonds is 2. The summed E-state index contributed by atoms with van der Waals surface area (Å²) >= 11 is 3.49. The Kier molecular flexibility index (Phi) is 2.97. The summed E-state index contributed by atoms with van der Waals surface area (Å²) in [4.78, 5) is 8.28. The van der Waals surface area contributed by atoms with Crippen LogP contribution in [0.3, 0.4) is 0 Å². The van der Waals surface area contributed by atoms with Gasteiger partial charge >= 0.3 is 0 Å². The Labute approximate surface area is 96.7 Å². The number of hydrogen-bond acceptors (Lipinski definition) is 3. The lowest BCUT2D eigenvalue weighted by molar-refractivity contribution is 1.24. The number of aromatic nitrogens is 2. The molecular formula is C11H10BrN3. The molecular weight excluding hydrogens is 254 g/mol. The van der Waals surface area contributed by atoms with Gasteiger partial charge in [-0.2, -0.15) is 0 Å². The third-order valence-electron chi connectivity index (χ3n) is 2.01. The van der Waals surface area contributed by atoms with Crippen molar-refractivity contribution in [1.29, 1.82) is 0 Å². The summed E-state index contributed by atoms with van der Waals surface area (Å²) in [5.74, 6) is 0.808. The lowest BCUT2D eigenvalue weighted by Gasteiger charge is -2.08. The van der Waals surface area contributed by atoms with Crippen LogP contribution in [-0.2, 0) is 0 Å². The van der Waals surface area contributed by atoms with Crippen molar-refractivity contribution in [3.05, 3.63) is 46.8 Å². The van der Waals surface area contributed by atoms with Crippen molar-refractivity contribution in [3.63, 3.8) is 0 Å². The smallest absolute Gasteiger partial charge is 0.144 e. The first kappa shape index (κ1) is 10.1. The summed E-state index contributed by atoms with van der Waals surface area (Å²) in [6.45, 7) is 2.03. The molecule has 0 aromatic carbocycles. The zero-order valence-corrected chi connectivity index (χ0v) is 9.82. The predicted molar refractivity (Wildman–Crippen MR) is 64.2 cm³/mol. The number of halogens is 1. The minimum atomic E-state index is 0.808. The summed E-state index contributed by atoms with van der Waals surface area (Å²) in [5, 5.41) is 3.19. The second-order valence-corrected chi connectivity index (χ2v) is 3.95. The quantitative estimate of drug-likeness (QED) is 0.904. The van der Waals surface area contributed by atoms with Gasteiger partial charge in [0.05, 0.1) is 16.4 Å². The van der Waals surface area contributed by atoms with Gasteiger partial charge in [-0.15, -0.1) is 0 Å². The van der Waals surface area contributed by atoms with Crippen LogP contribution in [0.5, 0.6) is 0 Å². The standard InChI is InChI=1S/C11H10BrN3/c1-8-4-6-14-11(10(8)12)15-9-3-2-5-13-7-9/h2-7H,1H3,(H,14,15). The van der Waals surface area contributed by atoms with Crippen molar-refractivity contribution in [1.82, 2.24) is 9.97 Å². The number of pyridine rings is 2. The fraction of sp³-hybridized carbons (Fsp3) is 0.0909.